The molecular formula is C22H22BrFN4O2S. The second-order valence-corrected chi connectivity index (χ2v) is 8.88. The Labute approximate surface area is 192 Å². The van der Waals surface area contributed by atoms with E-state index >= 15 is 0 Å². The number of aromatic nitrogens is 2. The molecule has 1 aromatic heterocycles. The van der Waals surface area contributed by atoms with Crippen molar-refractivity contribution in [2.24, 2.45) is 0 Å². The maximum Gasteiger partial charge on any atom is 0.254 e. The fourth-order valence-electron chi connectivity index (χ4n) is 2.92. The minimum absolute atomic E-state index is 0.0888. The monoisotopic (exact) mass is 504 g/mol. The fraction of sp³-hybridized carbons (Fsp3) is 0.273. The molecule has 0 radical (unpaired) electrons. The normalized spacial score (nSPS) is 11.7. The van der Waals surface area contributed by atoms with Crippen LogP contribution in [-0.2, 0) is 4.79 Å². The first-order valence-corrected chi connectivity index (χ1v) is 11.4. The van der Waals surface area contributed by atoms with E-state index in [9.17, 15) is 14.0 Å². The molecule has 0 bridgehead atoms. The molecule has 2 amide bonds. The number of benzene rings is 2. The number of rotatable bonds is 8. The number of nitrogens with zero attached hydrogens (tertiary/aromatic N) is 3. The van der Waals surface area contributed by atoms with E-state index in [0.29, 0.717) is 10.1 Å². The molecule has 0 aliphatic rings. The molecule has 0 saturated carbocycles. The number of nitrogens with one attached hydrogen (secondary N) is 1. The van der Waals surface area contributed by atoms with Gasteiger partial charge in [-0.2, -0.15) is 0 Å². The summed E-state index contributed by atoms with van der Waals surface area (Å²) in [5.74, 6) is -1.03. The number of hydrogen-bond donors (Lipinski definition) is 1. The molecule has 0 saturated heterocycles. The third kappa shape index (κ3) is 6.18. The third-order valence-electron chi connectivity index (χ3n) is 4.80. The Balaban J connectivity index is 1.62. The van der Waals surface area contributed by atoms with Crippen LogP contribution in [0.15, 0.2) is 53.0 Å². The highest BCUT2D eigenvalue weighted by Crippen LogP contribution is 2.27. The molecule has 0 aliphatic carbocycles. The molecule has 3 aromatic rings. The predicted molar refractivity (Wildman–Crippen MR) is 123 cm³/mol. The van der Waals surface area contributed by atoms with Gasteiger partial charge < -0.3 is 10.2 Å². The highest BCUT2D eigenvalue weighted by atomic mass is 79.9. The zero-order chi connectivity index (χ0) is 22.4. The summed E-state index contributed by atoms with van der Waals surface area (Å²) >= 11 is 4.67. The van der Waals surface area contributed by atoms with Gasteiger partial charge in [0.05, 0.1) is 0 Å². The molecule has 2 aromatic carbocycles. The topological polar surface area (TPSA) is 75.2 Å². The minimum Gasteiger partial charge on any atom is -0.335 e. The van der Waals surface area contributed by atoms with Gasteiger partial charge in [0.2, 0.25) is 11.0 Å². The molecule has 162 valence electrons. The number of carbonyl (C=O) groups excluding carboxylic acids is 2. The maximum absolute atomic E-state index is 13.5. The van der Waals surface area contributed by atoms with Gasteiger partial charge in [-0.05, 0) is 43.7 Å². The maximum atomic E-state index is 13.5. The number of halogens is 2. The first-order chi connectivity index (χ1) is 14.9. The fourth-order valence-corrected chi connectivity index (χ4v) is 3.95. The van der Waals surface area contributed by atoms with Crippen molar-refractivity contribution in [2.45, 2.75) is 32.7 Å². The van der Waals surface area contributed by atoms with E-state index in [4.69, 9.17) is 0 Å². The van der Waals surface area contributed by atoms with Crippen LogP contribution in [0.5, 0.6) is 0 Å². The van der Waals surface area contributed by atoms with Crippen molar-refractivity contribution in [2.75, 3.05) is 11.9 Å². The summed E-state index contributed by atoms with van der Waals surface area (Å²) in [4.78, 5) is 26.9. The highest BCUT2D eigenvalue weighted by molar-refractivity contribution is 9.10. The van der Waals surface area contributed by atoms with Gasteiger partial charge in [-0.25, -0.2) is 4.39 Å². The lowest BCUT2D eigenvalue weighted by molar-refractivity contribution is -0.116. The molecule has 1 N–H and O–H groups in total. The summed E-state index contributed by atoms with van der Waals surface area (Å²) in [6.45, 7) is 4.08. The van der Waals surface area contributed by atoms with Gasteiger partial charge in [-0.3, -0.25) is 9.59 Å². The van der Waals surface area contributed by atoms with E-state index < -0.39 is 5.82 Å². The Morgan fingerprint density at radius 2 is 1.94 bits per heavy atom. The molecular weight excluding hydrogens is 483 g/mol. The average Bonchev–Trinajstić information content (AvgIpc) is 3.22. The Hall–Kier alpha value is -2.65. The van der Waals surface area contributed by atoms with Crippen LogP contribution in [0.4, 0.5) is 9.52 Å². The molecule has 31 heavy (non-hydrogen) atoms. The van der Waals surface area contributed by atoms with E-state index in [1.807, 2.05) is 38.1 Å². The summed E-state index contributed by atoms with van der Waals surface area (Å²) in [6, 6.07) is 13.1. The first kappa shape index (κ1) is 23.0. The van der Waals surface area contributed by atoms with Crippen molar-refractivity contribution >= 4 is 44.2 Å². The smallest absolute Gasteiger partial charge is 0.254 e. The highest BCUT2D eigenvalue weighted by Gasteiger charge is 2.22. The summed E-state index contributed by atoms with van der Waals surface area (Å²) in [5, 5.41) is 12.0. The summed E-state index contributed by atoms with van der Waals surface area (Å²) in [6.07, 6.45) is 0.814. The average molecular weight is 505 g/mol. The van der Waals surface area contributed by atoms with Crippen LogP contribution in [0.2, 0.25) is 0 Å². The molecule has 1 heterocycles. The molecule has 1 atom stereocenters. The standard InChI is InChI=1S/C22H22BrFN4O2S/c1-3-14(2)28(21(30)16-5-4-6-18(24)13-16)12-11-19(29)25-22-27-26-20(31-22)15-7-9-17(23)10-8-15/h4-10,13-14H,3,11-12H2,1-2H3,(H,25,27,29). The van der Waals surface area contributed by atoms with Gasteiger partial charge in [0.15, 0.2) is 0 Å². The van der Waals surface area contributed by atoms with Crippen molar-refractivity contribution in [1.82, 2.24) is 15.1 Å². The Bertz CT molecular complexity index is 1060. The quantitative estimate of drug-likeness (QED) is 0.446. The van der Waals surface area contributed by atoms with Gasteiger partial charge in [-0.1, -0.05) is 52.4 Å². The lowest BCUT2D eigenvalue weighted by Crippen LogP contribution is -2.40. The van der Waals surface area contributed by atoms with E-state index in [0.717, 1.165) is 16.5 Å². The molecule has 1 unspecified atom stereocenters. The van der Waals surface area contributed by atoms with Crippen LogP contribution in [0.1, 0.15) is 37.0 Å². The molecule has 9 heteroatoms. The summed E-state index contributed by atoms with van der Waals surface area (Å²) in [7, 11) is 0. The van der Waals surface area contributed by atoms with Gasteiger partial charge >= 0.3 is 0 Å². The van der Waals surface area contributed by atoms with Crippen molar-refractivity contribution in [1.29, 1.82) is 0 Å². The number of anilines is 1. The molecule has 0 aliphatic heterocycles. The number of amides is 2. The lowest BCUT2D eigenvalue weighted by Gasteiger charge is -2.28. The van der Waals surface area contributed by atoms with Crippen LogP contribution in [0, 0.1) is 5.82 Å². The van der Waals surface area contributed by atoms with Crippen molar-refractivity contribution in [3.8, 4) is 10.6 Å². The zero-order valence-corrected chi connectivity index (χ0v) is 19.5. The first-order valence-electron chi connectivity index (χ1n) is 9.83. The Kier molecular flexibility index (Phi) is 7.86. The second kappa shape index (κ2) is 10.6. The summed E-state index contributed by atoms with van der Waals surface area (Å²) in [5.41, 5.74) is 1.17. The molecule has 0 spiro atoms. The number of hydrogen-bond acceptors (Lipinski definition) is 5. The van der Waals surface area contributed by atoms with Crippen molar-refractivity contribution < 1.29 is 14.0 Å². The molecule has 6 nitrogen and oxygen atoms in total. The van der Waals surface area contributed by atoms with Gasteiger partial charge in [-0.15, -0.1) is 10.2 Å². The van der Waals surface area contributed by atoms with Gasteiger partial charge in [0, 0.05) is 34.6 Å². The Morgan fingerprint density at radius 1 is 1.19 bits per heavy atom. The third-order valence-corrected chi connectivity index (χ3v) is 6.21. The van der Waals surface area contributed by atoms with Crippen LogP contribution in [0.3, 0.4) is 0 Å². The SMILES string of the molecule is CCC(C)N(CCC(=O)Nc1nnc(-c2ccc(Br)cc2)s1)C(=O)c1cccc(F)c1. The molecule has 0 fully saturated rings. The molecule has 3 rings (SSSR count). The Morgan fingerprint density at radius 3 is 2.61 bits per heavy atom. The largest absolute Gasteiger partial charge is 0.335 e. The van der Waals surface area contributed by atoms with E-state index in [1.165, 1.54) is 29.5 Å². The minimum atomic E-state index is -0.467. The van der Waals surface area contributed by atoms with E-state index in [-0.39, 0.29) is 36.4 Å². The van der Waals surface area contributed by atoms with Crippen LogP contribution in [0.25, 0.3) is 10.6 Å². The lowest BCUT2D eigenvalue weighted by atomic mass is 10.1. The predicted octanol–water partition coefficient (Wildman–Crippen LogP) is 5.38. The van der Waals surface area contributed by atoms with Gasteiger partial charge in [0.25, 0.3) is 5.91 Å². The number of carbonyl (C=O) groups is 2. The zero-order valence-electron chi connectivity index (χ0n) is 17.1. The van der Waals surface area contributed by atoms with E-state index in [2.05, 4.69) is 31.4 Å². The van der Waals surface area contributed by atoms with Crippen LogP contribution >= 0.6 is 27.3 Å². The second-order valence-electron chi connectivity index (χ2n) is 6.98. The summed E-state index contributed by atoms with van der Waals surface area (Å²) < 4.78 is 14.5. The van der Waals surface area contributed by atoms with Gasteiger partial charge in [0.1, 0.15) is 10.8 Å². The van der Waals surface area contributed by atoms with Crippen LogP contribution < -0.4 is 5.32 Å². The van der Waals surface area contributed by atoms with E-state index in [1.54, 1.807) is 11.0 Å². The van der Waals surface area contributed by atoms with Crippen LogP contribution in [-0.4, -0.2) is 39.5 Å². The van der Waals surface area contributed by atoms with Crippen molar-refractivity contribution in [3.63, 3.8) is 0 Å². The van der Waals surface area contributed by atoms with Crippen molar-refractivity contribution in [3.05, 3.63) is 64.4 Å².